The fourth-order valence-corrected chi connectivity index (χ4v) is 3.49. The number of nitrogens with one attached hydrogen (secondary N) is 1. The van der Waals surface area contributed by atoms with Crippen LogP contribution < -0.4 is 5.32 Å². The molecule has 1 saturated heterocycles. The third kappa shape index (κ3) is 6.81. The third-order valence-corrected chi connectivity index (χ3v) is 5.32. The summed E-state index contributed by atoms with van der Waals surface area (Å²) in [7, 11) is 0. The average molecular weight is 421 g/mol. The normalized spacial score (nSPS) is 14.4. The molecule has 3 rings (SSSR count). The number of carbonyl (C=O) groups is 3. The first kappa shape index (κ1) is 22.3. The lowest BCUT2D eigenvalue weighted by atomic mass is 9.97. The number of piperidine rings is 1. The number of benzene rings is 2. The van der Waals surface area contributed by atoms with Crippen molar-refractivity contribution in [2.24, 2.45) is 5.92 Å². The lowest BCUT2D eigenvalue weighted by Gasteiger charge is -2.30. The van der Waals surface area contributed by atoms with Crippen LogP contribution >= 0.6 is 0 Å². The zero-order chi connectivity index (χ0) is 22.1. The van der Waals surface area contributed by atoms with Gasteiger partial charge in [0.15, 0.2) is 6.61 Å². The Morgan fingerprint density at radius 1 is 1.06 bits per heavy atom. The van der Waals surface area contributed by atoms with Crippen molar-refractivity contribution >= 4 is 29.5 Å². The molecule has 0 aromatic heterocycles. The highest BCUT2D eigenvalue weighted by Crippen LogP contribution is 2.19. The Morgan fingerprint density at radius 3 is 2.52 bits per heavy atom. The number of nitrogens with zero attached hydrogens (tertiary/aromatic N) is 1. The molecule has 0 aliphatic carbocycles. The summed E-state index contributed by atoms with van der Waals surface area (Å²) in [5.41, 5.74) is 2.78. The van der Waals surface area contributed by atoms with Gasteiger partial charge in [0.05, 0.1) is 5.92 Å². The number of esters is 1. The highest BCUT2D eigenvalue weighted by molar-refractivity contribution is 5.93. The average Bonchev–Trinajstić information content (AvgIpc) is 2.82. The van der Waals surface area contributed by atoms with Crippen molar-refractivity contribution in [1.29, 1.82) is 0 Å². The van der Waals surface area contributed by atoms with Gasteiger partial charge in [-0.25, -0.2) is 0 Å². The van der Waals surface area contributed by atoms with Crippen molar-refractivity contribution in [2.45, 2.75) is 26.2 Å². The summed E-state index contributed by atoms with van der Waals surface area (Å²) < 4.78 is 5.20. The highest BCUT2D eigenvalue weighted by Gasteiger charge is 2.28. The van der Waals surface area contributed by atoms with Crippen LogP contribution in [0.25, 0.3) is 6.08 Å². The molecule has 0 saturated carbocycles. The van der Waals surface area contributed by atoms with Gasteiger partial charge in [-0.15, -0.1) is 0 Å². The number of carbonyl (C=O) groups excluding carboxylic acids is 3. The molecule has 0 bridgehead atoms. The minimum atomic E-state index is -0.385. The van der Waals surface area contributed by atoms with Gasteiger partial charge in [-0.2, -0.15) is 0 Å². The van der Waals surface area contributed by atoms with E-state index in [1.54, 1.807) is 23.1 Å². The second-order valence-corrected chi connectivity index (χ2v) is 7.55. The van der Waals surface area contributed by atoms with Crippen molar-refractivity contribution in [1.82, 2.24) is 4.90 Å². The number of amides is 2. The summed E-state index contributed by atoms with van der Waals surface area (Å²) in [4.78, 5) is 38.5. The van der Waals surface area contributed by atoms with Crippen LogP contribution in [-0.4, -0.2) is 42.4 Å². The van der Waals surface area contributed by atoms with E-state index in [0.717, 1.165) is 17.5 Å². The van der Waals surface area contributed by atoms with E-state index in [0.29, 0.717) is 31.6 Å². The largest absolute Gasteiger partial charge is 0.455 e. The predicted molar refractivity (Wildman–Crippen MR) is 120 cm³/mol. The van der Waals surface area contributed by atoms with Gasteiger partial charge in [0.1, 0.15) is 0 Å². The molecule has 2 amide bonds. The summed E-state index contributed by atoms with van der Waals surface area (Å²) in [5, 5.41) is 2.75. The third-order valence-electron chi connectivity index (χ3n) is 5.32. The Balaban J connectivity index is 1.40. The molecule has 0 spiro atoms. The first-order valence-electron chi connectivity index (χ1n) is 10.6. The van der Waals surface area contributed by atoms with Crippen molar-refractivity contribution < 1.29 is 19.1 Å². The molecule has 2 aromatic rings. The lowest BCUT2D eigenvalue weighted by molar-refractivity contribution is -0.153. The van der Waals surface area contributed by atoms with Crippen molar-refractivity contribution in [3.63, 3.8) is 0 Å². The van der Waals surface area contributed by atoms with Crippen LogP contribution in [0.5, 0.6) is 0 Å². The van der Waals surface area contributed by atoms with Crippen LogP contribution in [0.2, 0.25) is 0 Å². The minimum Gasteiger partial charge on any atom is -0.455 e. The van der Waals surface area contributed by atoms with Crippen LogP contribution in [0.4, 0.5) is 5.69 Å². The molecule has 6 heteroatoms. The second-order valence-electron chi connectivity index (χ2n) is 7.55. The minimum absolute atomic E-state index is 0.0654. The van der Waals surface area contributed by atoms with Crippen LogP contribution in [-0.2, 0) is 25.5 Å². The molecule has 1 aliphatic rings. The van der Waals surface area contributed by atoms with E-state index in [1.807, 2.05) is 55.5 Å². The molecule has 6 nitrogen and oxygen atoms in total. The maximum Gasteiger partial charge on any atom is 0.309 e. The molecule has 1 N–H and O–H groups in total. The molecule has 0 atom stereocenters. The van der Waals surface area contributed by atoms with E-state index < -0.39 is 0 Å². The summed E-state index contributed by atoms with van der Waals surface area (Å²) in [5.74, 6) is -1.10. The van der Waals surface area contributed by atoms with E-state index in [-0.39, 0.29) is 30.3 Å². The van der Waals surface area contributed by atoms with Gasteiger partial charge in [-0.1, -0.05) is 49.4 Å². The molecule has 162 valence electrons. The van der Waals surface area contributed by atoms with E-state index in [1.165, 1.54) is 0 Å². The molecular weight excluding hydrogens is 392 g/mol. The van der Waals surface area contributed by atoms with Gasteiger partial charge in [-0.3, -0.25) is 14.4 Å². The van der Waals surface area contributed by atoms with Gasteiger partial charge in [-0.05, 0) is 48.6 Å². The maximum atomic E-state index is 12.4. The molecule has 1 fully saturated rings. The zero-order valence-electron chi connectivity index (χ0n) is 17.8. The van der Waals surface area contributed by atoms with Crippen molar-refractivity contribution in [3.8, 4) is 0 Å². The number of ether oxygens (including phenoxy) is 1. The van der Waals surface area contributed by atoms with Crippen molar-refractivity contribution in [2.75, 3.05) is 25.0 Å². The van der Waals surface area contributed by atoms with Crippen LogP contribution in [0.15, 0.2) is 60.7 Å². The Morgan fingerprint density at radius 2 is 1.81 bits per heavy atom. The molecule has 2 aromatic carbocycles. The number of rotatable bonds is 7. The number of hydrogen-bond donors (Lipinski definition) is 1. The molecule has 31 heavy (non-hydrogen) atoms. The van der Waals surface area contributed by atoms with E-state index in [2.05, 4.69) is 5.32 Å². The SMILES string of the molecule is CCc1cccc(NC(=O)COC(=O)C2CCN(C(=O)/C=C/c3ccccc3)CC2)c1. The topological polar surface area (TPSA) is 75.7 Å². The van der Waals surface area contributed by atoms with Gasteiger partial charge in [0.2, 0.25) is 5.91 Å². The number of aryl methyl sites for hydroxylation is 1. The highest BCUT2D eigenvalue weighted by atomic mass is 16.5. The smallest absolute Gasteiger partial charge is 0.309 e. The summed E-state index contributed by atoms with van der Waals surface area (Å²) in [6, 6.07) is 17.2. The molecule has 0 unspecified atom stereocenters. The first-order valence-corrected chi connectivity index (χ1v) is 10.6. The molecular formula is C25H28N2O4. The fraction of sp³-hybridized carbons (Fsp3) is 0.320. The van der Waals surface area contributed by atoms with Gasteiger partial charge in [0.25, 0.3) is 5.91 Å². The monoisotopic (exact) mass is 420 g/mol. The summed E-state index contributed by atoms with van der Waals surface area (Å²) in [6.45, 7) is 2.72. The number of likely N-dealkylation sites (tertiary alicyclic amines) is 1. The molecule has 0 radical (unpaired) electrons. The first-order chi connectivity index (χ1) is 15.0. The quantitative estimate of drug-likeness (QED) is 0.548. The molecule has 1 aliphatic heterocycles. The zero-order valence-corrected chi connectivity index (χ0v) is 17.8. The van der Waals surface area contributed by atoms with E-state index in [4.69, 9.17) is 4.74 Å². The Kier molecular flexibility index (Phi) is 7.98. The van der Waals surface area contributed by atoms with Crippen LogP contribution in [0, 0.1) is 5.92 Å². The van der Waals surface area contributed by atoms with Gasteiger partial charge < -0.3 is 15.0 Å². The predicted octanol–water partition coefficient (Wildman–Crippen LogP) is 3.68. The van der Waals surface area contributed by atoms with Gasteiger partial charge >= 0.3 is 5.97 Å². The molecule has 1 heterocycles. The fourth-order valence-electron chi connectivity index (χ4n) is 3.49. The van der Waals surface area contributed by atoms with Gasteiger partial charge in [0, 0.05) is 24.9 Å². The van der Waals surface area contributed by atoms with Crippen LogP contribution in [0.3, 0.4) is 0 Å². The van der Waals surface area contributed by atoms with Crippen LogP contribution in [0.1, 0.15) is 30.9 Å². The number of anilines is 1. The Labute approximate surface area is 182 Å². The lowest BCUT2D eigenvalue weighted by Crippen LogP contribution is -2.40. The maximum absolute atomic E-state index is 12.4. The van der Waals surface area contributed by atoms with E-state index >= 15 is 0 Å². The van der Waals surface area contributed by atoms with Crippen molar-refractivity contribution in [3.05, 3.63) is 71.8 Å². The summed E-state index contributed by atoms with van der Waals surface area (Å²) in [6.07, 6.45) is 5.29. The Bertz CT molecular complexity index is 932. The van der Waals surface area contributed by atoms with E-state index in [9.17, 15) is 14.4 Å². The summed E-state index contributed by atoms with van der Waals surface area (Å²) >= 11 is 0. The second kappa shape index (κ2) is 11.1. The standard InChI is InChI=1S/C25H28N2O4/c1-2-19-9-6-10-22(17-19)26-23(28)18-31-25(30)21-13-15-27(16-14-21)24(29)12-11-20-7-4-3-5-8-20/h3-12,17,21H,2,13-16,18H2,1H3,(H,26,28)/b12-11+. The Hall–Kier alpha value is -3.41. The number of hydrogen-bond acceptors (Lipinski definition) is 4.